The predicted octanol–water partition coefficient (Wildman–Crippen LogP) is 5.70. The first-order valence-corrected chi connectivity index (χ1v) is 18.8. The first kappa shape index (κ1) is 33.0. The van der Waals surface area contributed by atoms with Gasteiger partial charge in [0.2, 0.25) is 0 Å². The number of ketones is 1. The Morgan fingerprint density at radius 3 is 2.61 bits per heavy atom. The van der Waals surface area contributed by atoms with Crippen LogP contribution in [0.4, 0.5) is 0 Å². The summed E-state index contributed by atoms with van der Waals surface area (Å²) in [5.41, 5.74) is 8.19. The standard InChI is InChI=1S/C42H50N4O5/c1-6-24-20-45(3)35-18-29-25-9-7-8-10-33(25)43-38(29)30(17-32(24)42(35,21-47)41(49)51-5)36-34(50-4)12-11-26-27-13-14-46-19-23-15-28(22(2)48)40(46)31(16-23)37(27)44-39(26)36/h6-12,23,28,30-32,35,40,43-44,47H,13-21H2,1-5H3/b24-6-/t23?,28-,30-,31+,32+,35+,40-,42+/m1/s1. The van der Waals surface area contributed by atoms with Gasteiger partial charge in [-0.3, -0.25) is 19.4 Å². The summed E-state index contributed by atoms with van der Waals surface area (Å²) in [5, 5.41) is 13.8. The van der Waals surface area contributed by atoms with E-state index >= 15 is 0 Å². The molecule has 9 nitrogen and oxygen atoms in total. The molecule has 9 heteroatoms. The van der Waals surface area contributed by atoms with Crippen LogP contribution in [0.25, 0.3) is 21.8 Å². The van der Waals surface area contributed by atoms with E-state index in [1.54, 1.807) is 14.0 Å². The summed E-state index contributed by atoms with van der Waals surface area (Å²) < 4.78 is 11.9. The molecule has 4 aliphatic heterocycles. The van der Waals surface area contributed by atoms with Crippen LogP contribution in [0.3, 0.4) is 0 Å². The van der Waals surface area contributed by atoms with E-state index in [9.17, 15) is 14.7 Å². The third kappa shape index (κ3) is 4.56. The van der Waals surface area contributed by atoms with E-state index in [1.165, 1.54) is 29.3 Å². The Morgan fingerprint density at radius 2 is 1.86 bits per heavy atom. The summed E-state index contributed by atoms with van der Waals surface area (Å²) in [6.45, 7) is 6.28. The highest BCUT2D eigenvalue weighted by Crippen LogP contribution is 2.56. The van der Waals surface area contributed by atoms with Crippen molar-refractivity contribution < 1.29 is 24.2 Å². The van der Waals surface area contributed by atoms with E-state index in [-0.39, 0.29) is 48.3 Å². The number of rotatable bonds is 5. The highest BCUT2D eigenvalue weighted by molar-refractivity contribution is 5.92. The monoisotopic (exact) mass is 690 g/mol. The summed E-state index contributed by atoms with van der Waals surface area (Å²) in [6.07, 6.45) is 6.36. The molecule has 2 aliphatic carbocycles. The number of H-pyrrole nitrogens is 2. The molecule has 4 aromatic rings. The first-order valence-electron chi connectivity index (χ1n) is 18.8. The number of hydrogen-bond acceptors (Lipinski definition) is 7. The van der Waals surface area contributed by atoms with Crippen LogP contribution in [-0.4, -0.2) is 96.2 Å². The fourth-order valence-electron chi connectivity index (χ4n) is 11.9. The number of likely N-dealkylation sites (tertiary alicyclic amines) is 1. The second-order valence-corrected chi connectivity index (χ2v) is 16.1. The van der Waals surface area contributed by atoms with Gasteiger partial charge < -0.3 is 24.5 Å². The van der Waals surface area contributed by atoms with Gasteiger partial charge in [0.05, 0.1) is 26.3 Å². The molecule has 2 aromatic heterocycles. The number of hydrogen-bond donors (Lipinski definition) is 3. The van der Waals surface area contributed by atoms with Gasteiger partial charge in [-0.05, 0) is 88.2 Å². The lowest BCUT2D eigenvalue weighted by molar-refractivity contribution is -0.169. The summed E-state index contributed by atoms with van der Waals surface area (Å²) in [5.74, 6) is 1.20. The number of aromatic nitrogens is 2. The number of allylic oxidation sites excluding steroid dienone is 1. The Labute approximate surface area is 299 Å². The quantitative estimate of drug-likeness (QED) is 0.182. The fourth-order valence-corrected chi connectivity index (χ4v) is 11.9. The van der Waals surface area contributed by atoms with E-state index in [1.807, 2.05) is 6.92 Å². The van der Waals surface area contributed by atoms with Crippen LogP contribution < -0.4 is 4.74 Å². The Bertz CT molecular complexity index is 2090. The summed E-state index contributed by atoms with van der Waals surface area (Å²) >= 11 is 0. The molecule has 6 bridgehead atoms. The van der Waals surface area contributed by atoms with E-state index < -0.39 is 5.41 Å². The predicted molar refractivity (Wildman–Crippen MR) is 197 cm³/mol. The number of fused-ring (bicyclic) bond motifs is 9. The number of likely N-dealkylation sites (N-methyl/N-ethyl adjacent to an activating group) is 1. The zero-order valence-electron chi connectivity index (χ0n) is 30.4. The Balaban J connectivity index is 1.30. The number of methoxy groups -OCH3 is 2. The van der Waals surface area contributed by atoms with E-state index in [2.05, 4.69) is 69.3 Å². The zero-order valence-corrected chi connectivity index (χ0v) is 30.4. The molecule has 2 aromatic carbocycles. The molecule has 6 aliphatic rings. The van der Waals surface area contributed by atoms with Gasteiger partial charge in [-0.25, -0.2) is 0 Å². The maximum absolute atomic E-state index is 14.2. The number of ether oxygens (including phenoxy) is 2. The molecule has 0 radical (unpaired) electrons. The number of aliphatic hydroxyl groups excluding tert-OH is 1. The molecule has 4 fully saturated rings. The normalized spacial score (nSPS) is 33.7. The zero-order chi connectivity index (χ0) is 35.3. The number of aromatic amines is 2. The van der Waals surface area contributed by atoms with E-state index in [4.69, 9.17) is 9.47 Å². The number of para-hydroxylation sites is 1. The van der Waals surface area contributed by atoms with Gasteiger partial charge in [0.1, 0.15) is 16.9 Å². The SMILES string of the molecule is C/C=C1/CN(C)[C@H]2Cc3c([nH]c4ccccc34)[C@@H](c3c(OC)ccc4c5c([nH]c34)[C@@H]3CC4C[C@H](C(C)=O)[C@H]3N(CC5)C4)C[C@@H]1[C@]2(CO)C(=O)OC. The number of piperidine rings is 3. The third-order valence-electron chi connectivity index (χ3n) is 14.0. The number of esters is 1. The van der Waals surface area contributed by atoms with Gasteiger partial charge in [0.25, 0.3) is 0 Å². The van der Waals surface area contributed by atoms with Crippen molar-refractivity contribution in [2.75, 3.05) is 47.5 Å². The number of aliphatic hydroxyl groups is 1. The number of benzene rings is 2. The summed E-state index contributed by atoms with van der Waals surface area (Å²) in [4.78, 5) is 40.0. The molecule has 3 N–H and O–H groups in total. The van der Waals surface area contributed by atoms with E-state index in [0.29, 0.717) is 31.1 Å². The molecule has 1 saturated carbocycles. The molecule has 0 spiro atoms. The number of carbonyl (C=O) groups is 2. The second-order valence-electron chi connectivity index (χ2n) is 16.1. The van der Waals surface area contributed by atoms with Gasteiger partial charge in [-0.2, -0.15) is 0 Å². The Hall–Kier alpha value is -3.92. The largest absolute Gasteiger partial charge is 0.496 e. The van der Waals surface area contributed by atoms with Crippen molar-refractivity contribution in [1.29, 1.82) is 0 Å². The van der Waals surface area contributed by atoms with Crippen molar-refractivity contribution in [3.05, 3.63) is 76.1 Å². The van der Waals surface area contributed by atoms with E-state index in [0.717, 1.165) is 71.4 Å². The molecule has 6 heterocycles. The molecule has 10 rings (SSSR count). The van der Waals surface area contributed by atoms with Crippen molar-refractivity contribution in [2.45, 2.75) is 69.9 Å². The Morgan fingerprint density at radius 1 is 1.04 bits per heavy atom. The summed E-state index contributed by atoms with van der Waals surface area (Å²) in [6, 6.07) is 12.8. The molecule has 9 atom stereocenters. The van der Waals surface area contributed by atoms with Crippen molar-refractivity contribution >= 4 is 33.6 Å². The van der Waals surface area contributed by atoms with Crippen LogP contribution in [0.1, 0.15) is 73.0 Å². The third-order valence-corrected chi connectivity index (χ3v) is 14.0. The average molecular weight is 691 g/mol. The number of Topliss-reactive ketones (excluding diaryl/α,β-unsaturated/α-hetero) is 1. The van der Waals surface area contributed by atoms with Gasteiger partial charge in [-0.15, -0.1) is 0 Å². The minimum absolute atomic E-state index is 0.0786. The molecule has 51 heavy (non-hydrogen) atoms. The molecule has 268 valence electrons. The maximum Gasteiger partial charge on any atom is 0.316 e. The number of nitrogens with zero attached hydrogens (tertiary/aromatic N) is 2. The highest BCUT2D eigenvalue weighted by Gasteiger charge is 2.59. The number of nitrogens with one attached hydrogen (secondary N) is 2. The topological polar surface area (TPSA) is 111 Å². The van der Waals surface area contributed by atoms with Crippen molar-refractivity contribution in [1.82, 2.24) is 19.8 Å². The van der Waals surface area contributed by atoms with Gasteiger partial charge in [0.15, 0.2) is 0 Å². The minimum Gasteiger partial charge on any atom is -0.496 e. The molecule has 3 saturated heterocycles. The fraction of sp³-hybridized carbons (Fsp3) is 0.524. The lowest BCUT2D eigenvalue weighted by Gasteiger charge is -2.53. The lowest BCUT2D eigenvalue weighted by atomic mass is 9.58. The van der Waals surface area contributed by atoms with Crippen LogP contribution in [0.5, 0.6) is 5.75 Å². The van der Waals surface area contributed by atoms with Crippen LogP contribution in [0, 0.1) is 23.2 Å². The highest BCUT2D eigenvalue weighted by atomic mass is 16.5. The first-order chi connectivity index (χ1) is 24.7. The van der Waals surface area contributed by atoms with Gasteiger partial charge >= 0.3 is 5.97 Å². The second kappa shape index (κ2) is 12.1. The van der Waals surface area contributed by atoms with Gasteiger partial charge in [-0.1, -0.05) is 29.8 Å². The molecule has 0 amide bonds. The molecular formula is C42H50N4O5. The lowest BCUT2D eigenvalue weighted by Crippen LogP contribution is -2.63. The van der Waals surface area contributed by atoms with Crippen molar-refractivity contribution in [3.63, 3.8) is 0 Å². The molecule has 2 unspecified atom stereocenters. The van der Waals surface area contributed by atoms with Crippen LogP contribution in [0.15, 0.2) is 48.0 Å². The Kier molecular flexibility index (Phi) is 7.80. The van der Waals surface area contributed by atoms with Crippen LogP contribution in [0.2, 0.25) is 0 Å². The maximum atomic E-state index is 14.2. The minimum atomic E-state index is -1.15. The van der Waals surface area contributed by atoms with Crippen LogP contribution >= 0.6 is 0 Å². The average Bonchev–Trinajstić information content (AvgIpc) is 3.67. The van der Waals surface area contributed by atoms with Crippen molar-refractivity contribution in [2.24, 2.45) is 23.2 Å². The smallest absolute Gasteiger partial charge is 0.316 e. The molecular weight excluding hydrogens is 640 g/mol. The van der Waals surface area contributed by atoms with Gasteiger partial charge in [0, 0.05) is 88.6 Å². The van der Waals surface area contributed by atoms with Crippen molar-refractivity contribution in [3.8, 4) is 5.75 Å². The summed E-state index contributed by atoms with van der Waals surface area (Å²) in [7, 11) is 5.26. The number of carbonyl (C=O) groups excluding carboxylic acids is 2. The van der Waals surface area contributed by atoms with Crippen LogP contribution in [-0.2, 0) is 27.2 Å².